The van der Waals surface area contributed by atoms with E-state index < -0.39 is 5.41 Å². The number of allylic oxidation sites excluding steroid dienone is 1. The summed E-state index contributed by atoms with van der Waals surface area (Å²) in [5.74, 6) is 0. The van der Waals surface area contributed by atoms with Gasteiger partial charge in [0.25, 0.3) is 0 Å². The van der Waals surface area contributed by atoms with Crippen LogP contribution in [-0.4, -0.2) is 10.3 Å². The van der Waals surface area contributed by atoms with Gasteiger partial charge < -0.3 is 9.98 Å². The first-order valence-electron chi connectivity index (χ1n) is 21.1. The summed E-state index contributed by atoms with van der Waals surface area (Å²) in [4.78, 5) is 1.20. The monoisotopic (exact) mass is 796 g/mol. The van der Waals surface area contributed by atoms with E-state index in [1.54, 1.807) is 11.3 Å². The minimum atomic E-state index is -0.552. The van der Waals surface area contributed by atoms with E-state index in [0.29, 0.717) is 12.1 Å². The van der Waals surface area contributed by atoms with Gasteiger partial charge in [-0.05, 0) is 91.4 Å². The highest BCUT2D eigenvalue weighted by molar-refractivity contribution is 7.20. The molecular formula is C58H40N2S. The number of hydrogen-bond acceptors (Lipinski definition) is 2. The molecule has 8 aromatic carbocycles. The van der Waals surface area contributed by atoms with Crippen molar-refractivity contribution in [1.82, 2.24) is 4.57 Å². The van der Waals surface area contributed by atoms with Crippen LogP contribution in [-0.2, 0) is 18.3 Å². The van der Waals surface area contributed by atoms with E-state index in [1.165, 1.54) is 98.1 Å². The molecule has 0 saturated heterocycles. The molecule has 3 heterocycles. The molecule has 288 valence electrons. The minimum Gasteiger partial charge on any atom is -0.309 e. The number of hydrogen-bond donors (Lipinski definition) is 1. The number of nitrogens with zero attached hydrogens (tertiary/aromatic N) is 1. The Morgan fingerprint density at radius 2 is 1.33 bits per heavy atom. The van der Waals surface area contributed by atoms with Gasteiger partial charge in [0.2, 0.25) is 0 Å². The van der Waals surface area contributed by atoms with Gasteiger partial charge >= 0.3 is 0 Å². The van der Waals surface area contributed by atoms with Gasteiger partial charge in [-0.15, -0.1) is 11.3 Å². The summed E-state index contributed by atoms with van der Waals surface area (Å²) < 4.78 is 3.78. The molecule has 3 heteroatoms. The van der Waals surface area contributed by atoms with Crippen LogP contribution >= 0.6 is 11.3 Å². The Bertz CT molecular complexity index is 3450. The second kappa shape index (κ2) is 13.9. The lowest BCUT2D eigenvalue weighted by atomic mass is 9.65. The molecule has 2 aliphatic rings. The smallest absolute Gasteiger partial charge is 0.0754 e. The van der Waals surface area contributed by atoms with Crippen molar-refractivity contribution in [2.75, 3.05) is 0 Å². The fraction of sp³-hybridized carbons (Fsp3) is 0.0517. The second-order valence-corrected chi connectivity index (χ2v) is 17.4. The Balaban J connectivity index is 1.04. The van der Waals surface area contributed by atoms with Gasteiger partial charge in [0.1, 0.15) is 0 Å². The van der Waals surface area contributed by atoms with E-state index in [2.05, 4.69) is 199 Å². The maximum absolute atomic E-state index is 9.57. The van der Waals surface area contributed by atoms with Crippen molar-refractivity contribution < 1.29 is 0 Å². The summed E-state index contributed by atoms with van der Waals surface area (Å²) in [7, 11) is 0. The van der Waals surface area contributed by atoms with Crippen molar-refractivity contribution in [3.05, 3.63) is 244 Å². The van der Waals surface area contributed by atoms with Gasteiger partial charge in [0.15, 0.2) is 0 Å². The summed E-state index contributed by atoms with van der Waals surface area (Å²) in [6.07, 6.45) is 7.89. The molecular weight excluding hydrogens is 757 g/mol. The average Bonchev–Trinajstić information content (AvgIpc) is 3.95. The molecule has 0 fully saturated rings. The predicted octanol–water partition coefficient (Wildman–Crippen LogP) is 14.9. The maximum Gasteiger partial charge on any atom is 0.0754 e. The predicted molar refractivity (Wildman–Crippen MR) is 259 cm³/mol. The molecule has 0 bridgehead atoms. The molecule has 2 nitrogen and oxygen atoms in total. The molecule has 0 radical (unpaired) electrons. The molecule has 61 heavy (non-hydrogen) atoms. The first kappa shape index (κ1) is 35.6. The van der Waals surface area contributed by atoms with Gasteiger partial charge in [0.05, 0.1) is 22.1 Å². The quantitative estimate of drug-likeness (QED) is 0.148. The second-order valence-electron chi connectivity index (χ2n) is 16.3. The summed E-state index contributed by atoms with van der Waals surface area (Å²) in [6, 6.07) is 66.5. The van der Waals surface area contributed by atoms with E-state index in [9.17, 15) is 5.41 Å². The van der Waals surface area contributed by atoms with Crippen molar-refractivity contribution in [3.63, 3.8) is 0 Å². The van der Waals surface area contributed by atoms with Crippen molar-refractivity contribution in [2.24, 2.45) is 0 Å². The van der Waals surface area contributed by atoms with Crippen LogP contribution in [0.4, 0.5) is 0 Å². The van der Waals surface area contributed by atoms with Crippen LogP contribution < -0.4 is 0 Å². The zero-order valence-corrected chi connectivity index (χ0v) is 34.3. The number of rotatable bonds is 8. The summed E-state index contributed by atoms with van der Waals surface area (Å²) in [5.41, 5.74) is 18.4. The number of nitrogens with one attached hydrogen (secondary N) is 1. The lowest BCUT2D eigenvalue weighted by molar-refractivity contribution is 0.747. The number of benzene rings is 8. The van der Waals surface area contributed by atoms with Gasteiger partial charge in [0, 0.05) is 37.9 Å². The van der Waals surface area contributed by atoms with Crippen LogP contribution in [0.2, 0.25) is 0 Å². The van der Waals surface area contributed by atoms with Crippen LogP contribution in [0.1, 0.15) is 49.4 Å². The molecule has 1 spiro atoms. The summed E-state index contributed by atoms with van der Waals surface area (Å²) >= 11 is 1.80. The summed E-state index contributed by atoms with van der Waals surface area (Å²) in [5, 5.41) is 13.4. The fourth-order valence-electron chi connectivity index (χ4n) is 10.6. The molecule has 1 aliphatic heterocycles. The number of para-hydroxylation sites is 3. The minimum absolute atomic E-state index is 0.523. The molecule has 1 atom stereocenters. The molecule has 0 amide bonds. The number of fused-ring (bicyclic) bond motifs is 13. The lowest BCUT2D eigenvalue weighted by Gasteiger charge is -2.39. The van der Waals surface area contributed by atoms with Crippen molar-refractivity contribution in [1.29, 1.82) is 5.41 Å². The Hall–Kier alpha value is -7.33. The van der Waals surface area contributed by atoms with Gasteiger partial charge in [-0.1, -0.05) is 189 Å². The molecule has 1 unspecified atom stereocenters. The Labute approximate surface area is 359 Å². The third-order valence-corrected chi connectivity index (χ3v) is 14.3. The molecule has 12 rings (SSSR count). The van der Waals surface area contributed by atoms with Crippen LogP contribution in [0.3, 0.4) is 0 Å². The first-order valence-corrected chi connectivity index (χ1v) is 21.9. The Morgan fingerprint density at radius 3 is 2.20 bits per heavy atom. The Morgan fingerprint density at radius 1 is 0.623 bits per heavy atom. The topological polar surface area (TPSA) is 28.8 Å². The number of thiophene rings is 1. The van der Waals surface area contributed by atoms with Gasteiger partial charge in [-0.2, -0.15) is 0 Å². The molecule has 1 aliphatic carbocycles. The maximum atomic E-state index is 9.57. The zero-order valence-electron chi connectivity index (χ0n) is 33.5. The first-order chi connectivity index (χ1) is 30.1. The van der Waals surface area contributed by atoms with E-state index in [0.717, 1.165) is 17.5 Å². The van der Waals surface area contributed by atoms with Crippen LogP contribution in [0.25, 0.3) is 72.0 Å². The van der Waals surface area contributed by atoms with Crippen LogP contribution in [0.5, 0.6) is 0 Å². The van der Waals surface area contributed by atoms with E-state index >= 15 is 0 Å². The van der Waals surface area contributed by atoms with Crippen LogP contribution in [0, 0.1) is 5.41 Å². The highest BCUT2D eigenvalue weighted by atomic mass is 32.1. The normalized spacial score (nSPS) is 14.8. The summed E-state index contributed by atoms with van der Waals surface area (Å²) in [6.45, 7) is 4.14. The molecule has 1 N–H and O–H groups in total. The fourth-order valence-corrected chi connectivity index (χ4v) is 11.6. The van der Waals surface area contributed by atoms with Crippen LogP contribution in [0.15, 0.2) is 195 Å². The van der Waals surface area contributed by atoms with Gasteiger partial charge in [-0.25, -0.2) is 0 Å². The third kappa shape index (κ3) is 5.24. The van der Waals surface area contributed by atoms with E-state index in [4.69, 9.17) is 0 Å². The lowest BCUT2D eigenvalue weighted by Crippen LogP contribution is -2.33. The Kier molecular flexibility index (Phi) is 8.10. The van der Waals surface area contributed by atoms with Gasteiger partial charge in [-0.3, -0.25) is 0 Å². The molecule has 10 aromatic rings. The largest absolute Gasteiger partial charge is 0.309 e. The third-order valence-electron chi connectivity index (χ3n) is 13.2. The highest BCUT2D eigenvalue weighted by Gasteiger charge is 2.51. The van der Waals surface area contributed by atoms with Crippen molar-refractivity contribution in [2.45, 2.75) is 18.3 Å². The molecule has 0 saturated carbocycles. The SMILES string of the molecule is C=Cc1sc2ccccc2c1/C=C\Cc1ccc2c(c1)-c1c(CC(=N)c3ccc(-c4ccccc4)cc3)cccc1C21c2ccccc2-n2c3ccccc3c3cccc1c32. The highest BCUT2D eigenvalue weighted by Crippen LogP contribution is 2.61. The average molecular weight is 797 g/mol. The van der Waals surface area contributed by atoms with Crippen molar-refractivity contribution in [3.8, 4) is 27.9 Å². The van der Waals surface area contributed by atoms with Crippen molar-refractivity contribution >= 4 is 61.1 Å². The zero-order chi connectivity index (χ0) is 40.7. The molecule has 2 aromatic heterocycles. The van der Waals surface area contributed by atoms with E-state index in [1.807, 2.05) is 12.1 Å². The number of aromatic nitrogens is 1. The van der Waals surface area contributed by atoms with E-state index in [-0.39, 0.29) is 0 Å². The standard InChI is InChI=1S/C58H40N2S/c1-2-54-43(44-20-7-11-28-55(44)61-54)21-12-15-37-29-34-47-46(35-37)56-41(36-51(59)40-32-30-39(31-33-40)38-16-4-3-5-17-38)18-13-24-49(56)58(47)48-23-8-10-27-53(48)60-52-26-9-6-19-42(52)45-22-14-25-50(58)57(45)60/h2-14,16-35,59H,1,15,36H2/b21-12-,59-51?.